The van der Waals surface area contributed by atoms with Gasteiger partial charge in [0.05, 0.1) is 22.2 Å². The summed E-state index contributed by atoms with van der Waals surface area (Å²) < 4.78 is 75.5. The standard InChI is InChI=1S/C32H32F3N3O4S/c1-31(2,3)42-30(39)37-18-10-15-27(37)26-20-38(29(36-26)24-13-8-9-14-25(24)32(33,34)35)22-16-17-23(21-11-6-5-7-12-21)28(19-22)43(4,40)41/h5-9,11-14,16-17,19-20,27H,10,15,18H2,1-4H3/t27-/m1/s1. The number of likely N-dealkylation sites (tertiary alicyclic amines) is 1. The molecule has 0 saturated carbocycles. The highest BCUT2D eigenvalue weighted by atomic mass is 32.2. The average molecular weight is 612 g/mol. The van der Waals surface area contributed by atoms with Crippen molar-refractivity contribution in [1.29, 1.82) is 0 Å². The Labute approximate surface area is 248 Å². The van der Waals surface area contributed by atoms with Gasteiger partial charge in [0.2, 0.25) is 0 Å². The molecule has 1 saturated heterocycles. The lowest BCUT2D eigenvalue weighted by molar-refractivity contribution is -0.137. The second-order valence-corrected chi connectivity index (χ2v) is 13.5. The number of ether oxygens (including phenoxy) is 1. The molecule has 1 fully saturated rings. The Morgan fingerprint density at radius 3 is 2.28 bits per heavy atom. The zero-order valence-electron chi connectivity index (χ0n) is 24.2. The Hall–Kier alpha value is -4.12. The van der Waals surface area contributed by atoms with E-state index in [1.807, 2.05) is 6.07 Å². The Morgan fingerprint density at radius 1 is 0.953 bits per heavy atom. The van der Waals surface area contributed by atoms with E-state index in [0.29, 0.717) is 41.9 Å². The van der Waals surface area contributed by atoms with Crippen LogP contribution in [0.5, 0.6) is 0 Å². The van der Waals surface area contributed by atoms with Crippen LogP contribution >= 0.6 is 0 Å². The second-order valence-electron chi connectivity index (χ2n) is 11.6. The van der Waals surface area contributed by atoms with Crippen LogP contribution in [-0.2, 0) is 20.8 Å². The normalized spacial score (nSPS) is 16.0. The minimum atomic E-state index is -4.67. The summed E-state index contributed by atoms with van der Waals surface area (Å²) >= 11 is 0. The van der Waals surface area contributed by atoms with Crippen molar-refractivity contribution in [3.63, 3.8) is 0 Å². The van der Waals surface area contributed by atoms with Crippen LogP contribution in [0, 0.1) is 0 Å². The molecule has 0 aliphatic carbocycles. The first-order valence-electron chi connectivity index (χ1n) is 13.8. The van der Waals surface area contributed by atoms with Crippen LogP contribution in [0.1, 0.15) is 50.9 Å². The minimum absolute atomic E-state index is 0.0223. The van der Waals surface area contributed by atoms with Crippen LogP contribution < -0.4 is 0 Å². The van der Waals surface area contributed by atoms with E-state index >= 15 is 0 Å². The number of benzene rings is 3. The van der Waals surface area contributed by atoms with Crippen molar-refractivity contribution in [2.24, 2.45) is 0 Å². The van der Waals surface area contributed by atoms with Crippen LogP contribution in [0.15, 0.2) is 83.9 Å². The van der Waals surface area contributed by atoms with E-state index in [1.54, 1.807) is 63.4 Å². The van der Waals surface area contributed by atoms with Gasteiger partial charge in [-0.2, -0.15) is 13.2 Å². The third kappa shape index (κ3) is 6.46. The van der Waals surface area contributed by atoms with Crippen LogP contribution in [0.2, 0.25) is 0 Å². The number of aromatic nitrogens is 2. The molecule has 1 aliphatic rings. The van der Waals surface area contributed by atoms with Crippen LogP contribution in [0.25, 0.3) is 28.2 Å². The molecule has 1 aromatic heterocycles. The number of alkyl halides is 3. The fraction of sp³-hybridized carbons (Fsp3) is 0.312. The number of sulfone groups is 1. The van der Waals surface area contributed by atoms with E-state index in [4.69, 9.17) is 4.74 Å². The van der Waals surface area contributed by atoms with E-state index in [0.717, 1.165) is 12.3 Å². The van der Waals surface area contributed by atoms with Gasteiger partial charge in [-0.25, -0.2) is 18.2 Å². The van der Waals surface area contributed by atoms with Crippen molar-refractivity contribution in [3.05, 3.63) is 90.3 Å². The SMILES string of the molecule is CC(C)(C)OC(=O)N1CCC[C@@H]1c1cn(-c2ccc(-c3ccccc3)c(S(C)(=O)=O)c2)c(-c2ccccc2C(F)(F)F)n1. The van der Waals surface area contributed by atoms with Crippen molar-refractivity contribution in [2.75, 3.05) is 12.8 Å². The first kappa shape index (κ1) is 30.3. The van der Waals surface area contributed by atoms with Crippen molar-refractivity contribution >= 4 is 15.9 Å². The van der Waals surface area contributed by atoms with Gasteiger partial charge in [-0.3, -0.25) is 9.47 Å². The highest BCUT2D eigenvalue weighted by Crippen LogP contribution is 2.40. The molecule has 43 heavy (non-hydrogen) atoms. The van der Waals surface area contributed by atoms with Crippen molar-refractivity contribution in [3.8, 4) is 28.2 Å². The number of halogens is 3. The molecule has 0 bridgehead atoms. The van der Waals surface area contributed by atoms with Crippen molar-refractivity contribution < 1.29 is 31.1 Å². The lowest BCUT2D eigenvalue weighted by Gasteiger charge is -2.27. The molecule has 11 heteroatoms. The topological polar surface area (TPSA) is 81.5 Å². The summed E-state index contributed by atoms with van der Waals surface area (Å²) in [6.07, 6.45) is -1.33. The van der Waals surface area contributed by atoms with Crippen LogP contribution in [0.3, 0.4) is 0 Å². The molecule has 0 N–H and O–H groups in total. The summed E-state index contributed by atoms with van der Waals surface area (Å²) in [6.45, 7) is 5.69. The highest BCUT2D eigenvalue weighted by molar-refractivity contribution is 7.90. The third-order valence-corrected chi connectivity index (χ3v) is 8.28. The summed E-state index contributed by atoms with van der Waals surface area (Å²) in [5.41, 5.74) is 0.0575. The molecule has 1 amide bonds. The number of amides is 1. The molecule has 0 spiro atoms. The van der Waals surface area contributed by atoms with Gasteiger partial charge in [0, 0.05) is 35.8 Å². The van der Waals surface area contributed by atoms with Gasteiger partial charge in [-0.05, 0) is 57.4 Å². The summed E-state index contributed by atoms with van der Waals surface area (Å²) in [7, 11) is -3.75. The van der Waals surface area contributed by atoms with E-state index in [2.05, 4.69) is 4.98 Å². The molecular weight excluding hydrogens is 579 g/mol. The maximum absolute atomic E-state index is 14.2. The molecule has 1 aliphatic heterocycles. The van der Waals surface area contributed by atoms with Gasteiger partial charge in [-0.15, -0.1) is 0 Å². The number of rotatable bonds is 5. The van der Waals surface area contributed by atoms with Gasteiger partial charge in [0.15, 0.2) is 9.84 Å². The lowest BCUT2D eigenvalue weighted by Crippen LogP contribution is -2.36. The summed E-state index contributed by atoms with van der Waals surface area (Å²) in [5, 5.41) is 0. The molecule has 2 heterocycles. The Bertz CT molecular complexity index is 1760. The van der Waals surface area contributed by atoms with Gasteiger partial charge >= 0.3 is 12.3 Å². The predicted octanol–water partition coefficient (Wildman–Crippen LogP) is 7.70. The van der Waals surface area contributed by atoms with Crippen molar-refractivity contribution in [1.82, 2.24) is 14.5 Å². The molecule has 0 unspecified atom stereocenters. The molecule has 7 nitrogen and oxygen atoms in total. The van der Waals surface area contributed by atoms with E-state index in [-0.39, 0.29) is 16.3 Å². The first-order valence-corrected chi connectivity index (χ1v) is 15.7. The second kappa shape index (κ2) is 11.2. The number of hydrogen-bond donors (Lipinski definition) is 0. The predicted molar refractivity (Wildman–Crippen MR) is 157 cm³/mol. The van der Waals surface area contributed by atoms with E-state index < -0.39 is 39.3 Å². The quantitative estimate of drug-likeness (QED) is 0.231. The third-order valence-electron chi connectivity index (χ3n) is 7.15. The highest BCUT2D eigenvalue weighted by Gasteiger charge is 2.38. The van der Waals surface area contributed by atoms with Gasteiger partial charge in [0.25, 0.3) is 0 Å². The lowest BCUT2D eigenvalue weighted by atomic mass is 10.0. The fourth-order valence-electron chi connectivity index (χ4n) is 5.31. The summed E-state index contributed by atoms with van der Waals surface area (Å²) in [6, 6.07) is 18.3. The first-order chi connectivity index (χ1) is 20.1. The Kier molecular flexibility index (Phi) is 7.89. The van der Waals surface area contributed by atoms with Gasteiger partial charge in [0.1, 0.15) is 11.4 Å². The number of carbonyl (C=O) groups is 1. The molecule has 1 atom stereocenters. The number of imidazole rings is 1. The van der Waals surface area contributed by atoms with Crippen LogP contribution in [0.4, 0.5) is 18.0 Å². The zero-order chi connectivity index (χ0) is 31.2. The number of hydrogen-bond acceptors (Lipinski definition) is 5. The molecule has 0 radical (unpaired) electrons. The average Bonchev–Trinajstić information content (AvgIpc) is 3.59. The maximum atomic E-state index is 14.2. The van der Waals surface area contributed by atoms with Gasteiger partial charge in [-0.1, -0.05) is 54.6 Å². The van der Waals surface area contributed by atoms with Gasteiger partial charge < -0.3 is 4.74 Å². The molecule has 4 aromatic rings. The minimum Gasteiger partial charge on any atom is -0.444 e. The molecule has 226 valence electrons. The summed E-state index contributed by atoms with van der Waals surface area (Å²) in [4.78, 5) is 19.3. The fourth-order valence-corrected chi connectivity index (χ4v) is 6.23. The smallest absolute Gasteiger partial charge is 0.417 e. The van der Waals surface area contributed by atoms with E-state index in [9.17, 15) is 26.4 Å². The van der Waals surface area contributed by atoms with Crippen molar-refractivity contribution in [2.45, 2.75) is 56.3 Å². The molecule has 3 aromatic carbocycles. The van der Waals surface area contributed by atoms with Crippen LogP contribution in [-0.4, -0.2) is 47.4 Å². The largest absolute Gasteiger partial charge is 0.444 e. The van der Waals surface area contributed by atoms with E-state index in [1.165, 1.54) is 33.7 Å². The molecular formula is C32H32F3N3O4S. The zero-order valence-corrected chi connectivity index (χ0v) is 25.0. The maximum Gasteiger partial charge on any atom is 0.417 e. The number of nitrogens with zero attached hydrogens (tertiary/aromatic N) is 3. The number of carbonyl (C=O) groups excluding carboxylic acids is 1. The monoisotopic (exact) mass is 611 g/mol. The summed E-state index contributed by atoms with van der Waals surface area (Å²) in [5.74, 6) is -0.0223. The molecule has 5 rings (SSSR count). The Balaban J connectivity index is 1.71. The Morgan fingerprint density at radius 2 is 1.63 bits per heavy atom.